The Morgan fingerprint density at radius 2 is 0.684 bits per heavy atom. The molecule has 0 unspecified atom stereocenters. The lowest BCUT2D eigenvalue weighted by molar-refractivity contribution is 0.665. The van der Waals surface area contributed by atoms with Gasteiger partial charge in [-0.05, 0) is 190 Å². The number of rotatable bonds is 0. The number of fused-ring (bicyclic) bond motifs is 12. The third-order valence-corrected chi connectivity index (χ3v) is 15.8. The molecule has 6 aromatic heterocycles. The molecule has 0 bridgehead atoms. The SMILES string of the molecule is Cc1ccc2oc3c(C)cccc3c2c1.Cc1ccc2oc3ccc(C)cc3c2c1.Cc1ccc2sc3c(C)cccc3c2c1.Cc1ccc2sc3ccc(C)cc3c2c1.Cc1cccc(C)n1.Cc1cncc(C)c1. The molecule has 0 saturated heterocycles. The summed E-state index contributed by atoms with van der Waals surface area (Å²) in [6.45, 7) is 25.1. The zero-order valence-electron chi connectivity index (χ0n) is 45.8. The minimum absolute atomic E-state index is 0.973. The molecule has 0 radical (unpaired) electrons. The summed E-state index contributed by atoms with van der Waals surface area (Å²) >= 11 is 3.78. The number of hydrogen-bond acceptors (Lipinski definition) is 6. The van der Waals surface area contributed by atoms with Crippen LogP contribution < -0.4 is 0 Å². The number of pyridine rings is 2. The molecule has 0 aliphatic carbocycles. The van der Waals surface area contributed by atoms with Crippen LogP contribution in [0.3, 0.4) is 0 Å². The van der Waals surface area contributed by atoms with E-state index >= 15 is 0 Å². The Bertz CT molecular complexity index is 3870. The van der Waals surface area contributed by atoms with E-state index < -0.39 is 0 Å². The molecule has 76 heavy (non-hydrogen) atoms. The van der Waals surface area contributed by atoms with Gasteiger partial charge in [0, 0.05) is 85.7 Å². The molecule has 14 aromatic rings. The third kappa shape index (κ3) is 12.4. The first-order valence-corrected chi connectivity index (χ1v) is 27.5. The number of benzene rings is 8. The number of aromatic nitrogens is 2. The van der Waals surface area contributed by atoms with E-state index in [0.29, 0.717) is 0 Å². The molecule has 0 aliphatic rings. The average molecular weight is 1030 g/mol. The van der Waals surface area contributed by atoms with Crippen molar-refractivity contribution in [1.82, 2.24) is 9.97 Å². The lowest BCUT2D eigenvalue weighted by Crippen LogP contribution is -1.81. The highest BCUT2D eigenvalue weighted by atomic mass is 32.1. The second-order valence-corrected chi connectivity index (χ2v) is 22.4. The molecule has 0 spiro atoms. The van der Waals surface area contributed by atoms with Gasteiger partial charge in [-0.15, -0.1) is 22.7 Å². The molecule has 0 aliphatic heterocycles. The van der Waals surface area contributed by atoms with Gasteiger partial charge in [-0.1, -0.05) is 118 Å². The molecule has 0 N–H and O–H groups in total. The molecule has 4 nitrogen and oxygen atoms in total. The number of para-hydroxylation sites is 1. The van der Waals surface area contributed by atoms with Crippen LogP contribution >= 0.6 is 22.7 Å². The highest BCUT2D eigenvalue weighted by Gasteiger charge is 2.10. The van der Waals surface area contributed by atoms with Gasteiger partial charge in [0.25, 0.3) is 0 Å². The molecule has 6 heterocycles. The first-order valence-electron chi connectivity index (χ1n) is 25.9. The minimum atomic E-state index is 0.973. The summed E-state index contributed by atoms with van der Waals surface area (Å²) in [6.07, 6.45) is 3.71. The van der Waals surface area contributed by atoms with E-state index in [1.807, 2.05) is 99.2 Å². The fourth-order valence-corrected chi connectivity index (χ4v) is 11.7. The Labute approximate surface area is 455 Å². The summed E-state index contributed by atoms with van der Waals surface area (Å²) in [5.74, 6) is 0. The van der Waals surface area contributed by atoms with Crippen molar-refractivity contribution >= 4 is 107 Å². The number of furan rings is 2. The summed E-state index contributed by atoms with van der Waals surface area (Å²) in [7, 11) is 0. The van der Waals surface area contributed by atoms with E-state index in [9.17, 15) is 0 Å². The lowest BCUT2D eigenvalue weighted by atomic mass is 10.1. The van der Waals surface area contributed by atoms with Crippen LogP contribution in [-0.2, 0) is 0 Å². The number of aryl methyl sites for hydroxylation is 12. The highest BCUT2D eigenvalue weighted by Crippen LogP contribution is 2.37. The third-order valence-electron chi connectivity index (χ3n) is 13.3. The zero-order chi connectivity index (χ0) is 53.6. The van der Waals surface area contributed by atoms with Gasteiger partial charge in [-0.3, -0.25) is 9.97 Å². The molecule has 14 rings (SSSR count). The number of nitrogens with zero attached hydrogens (tertiary/aromatic N) is 2. The summed E-state index contributed by atoms with van der Waals surface area (Å²) in [6, 6.07) is 59.9. The van der Waals surface area contributed by atoms with Gasteiger partial charge in [0.15, 0.2) is 0 Å². The van der Waals surface area contributed by atoms with Gasteiger partial charge in [0.1, 0.15) is 22.3 Å². The van der Waals surface area contributed by atoms with Crippen molar-refractivity contribution in [3.63, 3.8) is 0 Å². The predicted octanol–water partition coefficient (Wildman–Crippen LogP) is 21.1. The quantitative estimate of drug-likeness (QED) is 0.152. The van der Waals surface area contributed by atoms with Crippen molar-refractivity contribution in [3.05, 3.63) is 249 Å². The van der Waals surface area contributed by atoms with Crippen molar-refractivity contribution in [2.75, 3.05) is 0 Å². The van der Waals surface area contributed by atoms with E-state index in [4.69, 9.17) is 8.83 Å². The molecular weight excluding hydrogens is 965 g/mol. The van der Waals surface area contributed by atoms with Crippen LogP contribution in [-0.4, -0.2) is 9.97 Å². The molecule has 380 valence electrons. The molecule has 0 fully saturated rings. The summed E-state index contributed by atoms with van der Waals surface area (Å²) in [5.41, 5.74) is 19.0. The number of thiophene rings is 2. The molecular formula is C70H66N2O2S2. The van der Waals surface area contributed by atoms with Crippen LogP contribution in [0.15, 0.2) is 191 Å². The Morgan fingerprint density at radius 3 is 1.13 bits per heavy atom. The van der Waals surface area contributed by atoms with Crippen LogP contribution in [0.5, 0.6) is 0 Å². The Hall–Kier alpha value is -7.90. The van der Waals surface area contributed by atoms with Crippen LogP contribution in [0.4, 0.5) is 0 Å². The topological polar surface area (TPSA) is 52.1 Å². The van der Waals surface area contributed by atoms with E-state index in [2.05, 4.69) is 199 Å². The van der Waals surface area contributed by atoms with Crippen molar-refractivity contribution < 1.29 is 8.83 Å². The van der Waals surface area contributed by atoms with Gasteiger partial charge in [0.2, 0.25) is 0 Å². The standard InChI is InChI=1S/2C14H12O.2C14H12S.2C7H9N/c1-9-3-5-13-11(7-9)12-8-10(2)4-6-14(12)15-13;1-9-6-7-13-12(8-9)11-5-3-4-10(2)14(11)15-13;1-9-3-5-13-11(7-9)12-8-10(2)4-6-14(12)15-13;1-9-6-7-13-12(8-9)11-5-3-4-10(2)14(11)15-13;1-6-3-7(2)5-8-4-6;1-6-4-3-5-7(2)8-6/h4*3-8H,1-2H3;2*3-5H,1-2H3. The largest absolute Gasteiger partial charge is 0.456 e. The normalized spacial score (nSPS) is 10.9. The maximum atomic E-state index is 5.84. The van der Waals surface area contributed by atoms with Crippen molar-refractivity contribution in [1.29, 1.82) is 0 Å². The summed E-state index contributed by atoms with van der Waals surface area (Å²) in [5, 5.41) is 10.5. The van der Waals surface area contributed by atoms with Gasteiger partial charge < -0.3 is 8.83 Å². The zero-order valence-corrected chi connectivity index (χ0v) is 47.5. The van der Waals surface area contributed by atoms with Crippen molar-refractivity contribution in [2.24, 2.45) is 0 Å². The van der Waals surface area contributed by atoms with E-state index in [-0.39, 0.29) is 0 Å². The second-order valence-electron chi connectivity index (χ2n) is 20.3. The van der Waals surface area contributed by atoms with Crippen LogP contribution in [0.2, 0.25) is 0 Å². The molecule has 6 heteroatoms. The highest BCUT2D eigenvalue weighted by molar-refractivity contribution is 7.26. The Morgan fingerprint density at radius 1 is 0.303 bits per heavy atom. The van der Waals surface area contributed by atoms with Crippen molar-refractivity contribution in [2.45, 2.75) is 83.1 Å². The van der Waals surface area contributed by atoms with Gasteiger partial charge in [-0.25, -0.2) is 0 Å². The maximum Gasteiger partial charge on any atom is 0.138 e. The summed E-state index contributed by atoms with van der Waals surface area (Å²) in [4.78, 5) is 8.16. The van der Waals surface area contributed by atoms with Gasteiger partial charge in [-0.2, -0.15) is 0 Å². The van der Waals surface area contributed by atoms with Gasteiger partial charge in [0.05, 0.1) is 0 Å². The lowest BCUT2D eigenvalue weighted by Gasteiger charge is -1.95. The van der Waals surface area contributed by atoms with E-state index in [0.717, 1.165) is 33.7 Å². The number of hydrogen-bond donors (Lipinski definition) is 0. The first-order chi connectivity index (χ1) is 36.6. The maximum absolute atomic E-state index is 5.84. The Balaban J connectivity index is 0.000000113. The fourth-order valence-electron chi connectivity index (χ4n) is 9.50. The van der Waals surface area contributed by atoms with Crippen LogP contribution in [0.1, 0.15) is 67.0 Å². The van der Waals surface area contributed by atoms with Gasteiger partial charge >= 0.3 is 0 Å². The monoisotopic (exact) mass is 1030 g/mol. The van der Waals surface area contributed by atoms with Crippen molar-refractivity contribution in [3.8, 4) is 0 Å². The smallest absolute Gasteiger partial charge is 0.138 e. The van der Waals surface area contributed by atoms with Crippen LogP contribution in [0.25, 0.3) is 84.2 Å². The minimum Gasteiger partial charge on any atom is -0.456 e. The van der Waals surface area contributed by atoms with Crippen LogP contribution in [0, 0.1) is 83.1 Å². The second kappa shape index (κ2) is 23.3. The molecule has 0 atom stereocenters. The molecule has 8 aromatic carbocycles. The fraction of sp³-hybridized carbons (Fsp3) is 0.171. The Kier molecular flexibility index (Phi) is 16.3. The first kappa shape index (κ1) is 52.9. The average Bonchev–Trinajstić information content (AvgIpc) is 4.16. The van der Waals surface area contributed by atoms with E-state index in [1.54, 1.807) is 0 Å². The summed E-state index contributed by atoms with van der Waals surface area (Å²) < 4.78 is 17.2. The molecule has 0 amide bonds. The predicted molar refractivity (Wildman–Crippen MR) is 331 cm³/mol. The molecule has 0 saturated carbocycles. The van der Waals surface area contributed by atoms with E-state index in [1.165, 1.54) is 118 Å².